The fourth-order valence-electron chi connectivity index (χ4n) is 9.16. The zero-order valence-electron chi connectivity index (χ0n) is 35.4. The monoisotopic (exact) mass is 986 g/mol. The van der Waals surface area contributed by atoms with Crippen molar-refractivity contribution in [3.05, 3.63) is 121 Å². The molecule has 0 radical (unpaired) electrons. The highest BCUT2D eigenvalue weighted by Gasteiger charge is 2.67. The molecule has 3 aliphatic carbocycles. The molecule has 7 aromatic rings. The number of halogens is 9. The van der Waals surface area contributed by atoms with Crippen LogP contribution in [0.1, 0.15) is 77.4 Å². The SMILES string of the molecule is Cc1cc(C)nc(-c2ccc3c(=O)n(-c4ccc(Cl)c5c(NS(=O)(=O)C6CC6)nn(CC(F)F)c45)c([C@H](Cc4cc(F)cc(F)c4)NC(=O)Cn4nc(C(F)F)c5c4C(F)(F)[C@@H]4C[C@H]54)nc3c2)n1. The number of amides is 1. The Morgan fingerprint density at radius 1 is 0.926 bits per heavy atom. The number of benzene rings is 3. The normalized spacial score (nSPS) is 17.8. The van der Waals surface area contributed by atoms with Crippen LogP contribution in [0.15, 0.2) is 59.4 Å². The molecular weight excluding hydrogens is 952 g/mol. The number of carbonyl (C=O) groups excluding carboxylic acids is 1. The molecule has 354 valence electrons. The molecule has 0 spiro atoms. The van der Waals surface area contributed by atoms with E-state index in [0.29, 0.717) is 40.5 Å². The van der Waals surface area contributed by atoms with Crippen LogP contribution in [0.4, 0.5) is 40.9 Å². The van der Waals surface area contributed by atoms with E-state index in [1.165, 1.54) is 30.3 Å². The van der Waals surface area contributed by atoms with E-state index >= 15 is 13.6 Å². The number of aryl methyl sites for hydroxylation is 2. The quantitative estimate of drug-likeness (QED) is 0.102. The van der Waals surface area contributed by atoms with Crippen molar-refractivity contribution in [3.8, 4) is 17.1 Å². The maximum atomic E-state index is 15.6. The molecule has 1 amide bonds. The van der Waals surface area contributed by atoms with Gasteiger partial charge in [0.25, 0.3) is 24.3 Å². The number of carbonyl (C=O) groups is 1. The summed E-state index contributed by atoms with van der Waals surface area (Å²) < 4.78 is 149. The third-order valence-electron chi connectivity index (χ3n) is 12.2. The van der Waals surface area contributed by atoms with Crippen LogP contribution in [0.3, 0.4) is 0 Å². The molecule has 24 heteroatoms. The van der Waals surface area contributed by atoms with Crippen molar-refractivity contribution in [2.75, 3.05) is 4.72 Å². The van der Waals surface area contributed by atoms with Crippen molar-refractivity contribution >= 4 is 55.2 Å². The smallest absolute Gasteiger partial charge is 0.293 e. The molecule has 68 heavy (non-hydrogen) atoms. The average molecular weight is 987 g/mol. The van der Waals surface area contributed by atoms with Gasteiger partial charge >= 0.3 is 0 Å². The van der Waals surface area contributed by atoms with Gasteiger partial charge in [-0.3, -0.25) is 28.2 Å². The predicted octanol–water partition coefficient (Wildman–Crippen LogP) is 8.35. The van der Waals surface area contributed by atoms with E-state index in [9.17, 15) is 39.6 Å². The van der Waals surface area contributed by atoms with Gasteiger partial charge in [-0.2, -0.15) is 19.0 Å². The van der Waals surface area contributed by atoms with Crippen LogP contribution in [0.5, 0.6) is 0 Å². The maximum absolute atomic E-state index is 15.6. The van der Waals surface area contributed by atoms with Gasteiger partial charge in [0.15, 0.2) is 11.6 Å². The molecule has 3 aromatic carbocycles. The summed E-state index contributed by atoms with van der Waals surface area (Å²) in [5.41, 5.74) is -2.19. The minimum Gasteiger partial charge on any atom is -0.344 e. The number of fused-ring (bicyclic) bond motifs is 5. The van der Waals surface area contributed by atoms with E-state index in [1.54, 1.807) is 19.9 Å². The number of anilines is 1. The maximum Gasteiger partial charge on any atom is 0.293 e. The molecule has 2 saturated carbocycles. The summed E-state index contributed by atoms with van der Waals surface area (Å²) in [6, 6.07) is 9.29. The van der Waals surface area contributed by atoms with Gasteiger partial charge in [-0.25, -0.2) is 49.7 Å². The summed E-state index contributed by atoms with van der Waals surface area (Å²) in [6.45, 7) is 1.25. The number of hydrogen-bond donors (Lipinski definition) is 2. The number of aromatic nitrogens is 8. The Labute approximate surface area is 384 Å². The van der Waals surface area contributed by atoms with Crippen LogP contribution < -0.4 is 15.6 Å². The summed E-state index contributed by atoms with van der Waals surface area (Å²) in [6.07, 6.45) is -6.34. The lowest BCUT2D eigenvalue weighted by molar-refractivity contribution is -0.123. The Morgan fingerprint density at radius 3 is 2.29 bits per heavy atom. The van der Waals surface area contributed by atoms with Gasteiger partial charge in [0.05, 0.1) is 43.8 Å². The lowest BCUT2D eigenvalue weighted by Crippen LogP contribution is -2.38. The first-order valence-corrected chi connectivity index (χ1v) is 23.0. The van der Waals surface area contributed by atoms with E-state index in [-0.39, 0.29) is 55.9 Å². The lowest BCUT2D eigenvalue weighted by Gasteiger charge is -2.24. The Bertz CT molecular complexity index is 3390. The number of sulfonamides is 1. The fraction of sp³-hybridized carbons (Fsp3) is 0.341. The largest absolute Gasteiger partial charge is 0.344 e. The number of nitrogens with zero attached hydrogens (tertiary/aromatic N) is 8. The van der Waals surface area contributed by atoms with Gasteiger partial charge in [0.2, 0.25) is 15.9 Å². The molecule has 4 aromatic heterocycles. The molecule has 0 bridgehead atoms. The van der Waals surface area contributed by atoms with Crippen LogP contribution in [-0.4, -0.2) is 65.1 Å². The molecule has 0 aliphatic heterocycles. The molecule has 4 heterocycles. The standard InChI is InChI=1S/C44H35ClF8N10O4S/c1-18-9-19(2)55-40(54-18)21-3-6-25-29(13-21)57-42(63(43(25)65)31-8-7-28(45)35-37(31)61(16-32(48)49)59-41(35)60-68(66,67)24-4-5-24)30(12-20-10-22(46)14-23(47)11-20)56-33(64)17-62-38-34(36(58-62)39(50)51)26-15-27(26)44(38,52)53/h3,6-11,13-14,24,26-27,30,32,39H,4-5,12,15-17H2,1-2H3,(H,56,64)(H,59,60)/t26-,27+,30-/m0/s1. The van der Waals surface area contributed by atoms with E-state index in [4.69, 9.17) is 16.6 Å². The fourth-order valence-corrected chi connectivity index (χ4v) is 10.7. The topological polar surface area (TPSA) is 172 Å². The highest BCUT2D eigenvalue weighted by molar-refractivity contribution is 7.93. The molecule has 0 unspecified atom stereocenters. The van der Waals surface area contributed by atoms with Gasteiger partial charge in [0, 0.05) is 40.9 Å². The molecular formula is C44H35ClF8N10O4S. The minimum atomic E-state index is -4.10. The molecule has 2 fully saturated rings. The van der Waals surface area contributed by atoms with Gasteiger partial charge in [0.1, 0.15) is 41.9 Å². The van der Waals surface area contributed by atoms with Crippen molar-refractivity contribution in [2.24, 2.45) is 5.92 Å². The van der Waals surface area contributed by atoms with Crippen LogP contribution in [0.25, 0.3) is 38.9 Å². The second kappa shape index (κ2) is 16.3. The van der Waals surface area contributed by atoms with Crippen LogP contribution in [0, 0.1) is 31.4 Å². The Hall–Kier alpha value is -6.49. The van der Waals surface area contributed by atoms with Gasteiger partial charge in [-0.15, -0.1) is 0 Å². The summed E-state index contributed by atoms with van der Waals surface area (Å²) in [5, 5.41) is 9.22. The summed E-state index contributed by atoms with van der Waals surface area (Å²) in [5.74, 6) is -9.62. The summed E-state index contributed by atoms with van der Waals surface area (Å²) in [4.78, 5) is 43.3. The number of hydrogen-bond acceptors (Lipinski definition) is 9. The van der Waals surface area contributed by atoms with E-state index < -0.39 is 118 Å². The zero-order valence-corrected chi connectivity index (χ0v) is 37.0. The average Bonchev–Trinajstić information content (AvgIpc) is 4.17. The van der Waals surface area contributed by atoms with Crippen molar-refractivity contribution in [3.63, 3.8) is 0 Å². The minimum absolute atomic E-state index is 0.0472. The third kappa shape index (κ3) is 8.01. The zero-order chi connectivity index (χ0) is 48.3. The van der Waals surface area contributed by atoms with Crippen molar-refractivity contribution < 1.29 is 48.3 Å². The molecule has 2 N–H and O–H groups in total. The van der Waals surface area contributed by atoms with Crippen LogP contribution in [0.2, 0.25) is 5.02 Å². The van der Waals surface area contributed by atoms with Gasteiger partial charge in [-0.1, -0.05) is 17.7 Å². The highest BCUT2D eigenvalue weighted by atomic mass is 35.5. The van der Waals surface area contributed by atoms with Crippen LogP contribution >= 0.6 is 11.6 Å². The Morgan fingerprint density at radius 2 is 1.63 bits per heavy atom. The summed E-state index contributed by atoms with van der Waals surface area (Å²) in [7, 11) is -4.10. The second-order valence-electron chi connectivity index (χ2n) is 17.2. The Balaban J connectivity index is 1.20. The third-order valence-corrected chi connectivity index (χ3v) is 14.3. The molecule has 3 aliphatic rings. The molecule has 10 rings (SSSR count). The Kier molecular flexibility index (Phi) is 10.9. The van der Waals surface area contributed by atoms with E-state index in [1.807, 2.05) is 0 Å². The second-order valence-corrected chi connectivity index (χ2v) is 19.5. The first kappa shape index (κ1) is 45.3. The van der Waals surface area contributed by atoms with E-state index in [0.717, 1.165) is 21.4 Å². The van der Waals surface area contributed by atoms with E-state index in [2.05, 4.69) is 30.2 Å². The highest BCUT2D eigenvalue weighted by Crippen LogP contribution is 2.68. The van der Waals surface area contributed by atoms with Gasteiger partial charge in [-0.05, 0) is 87.1 Å². The van der Waals surface area contributed by atoms with Crippen LogP contribution in [-0.2, 0) is 40.3 Å². The number of nitrogens with one attached hydrogen (secondary N) is 2. The number of alkyl halides is 6. The molecule has 14 nitrogen and oxygen atoms in total. The molecule has 0 saturated heterocycles. The number of rotatable bonds is 14. The predicted molar refractivity (Wildman–Crippen MR) is 231 cm³/mol. The van der Waals surface area contributed by atoms with Crippen molar-refractivity contribution in [2.45, 2.75) is 88.6 Å². The lowest BCUT2D eigenvalue weighted by atomic mass is 10.0. The molecule has 3 atom stereocenters. The van der Waals surface area contributed by atoms with Gasteiger partial charge < -0.3 is 5.32 Å². The van der Waals surface area contributed by atoms with Crippen molar-refractivity contribution in [1.29, 1.82) is 0 Å². The first-order chi connectivity index (χ1) is 32.2. The first-order valence-electron chi connectivity index (χ1n) is 21.1. The van der Waals surface area contributed by atoms with Crippen molar-refractivity contribution in [1.82, 2.24) is 44.4 Å². The summed E-state index contributed by atoms with van der Waals surface area (Å²) >= 11 is 6.68.